The highest BCUT2D eigenvalue weighted by atomic mass is 16.4. The molecule has 0 heterocycles. The van der Waals surface area contributed by atoms with E-state index in [9.17, 15) is 9.59 Å². The minimum Gasteiger partial charge on any atom is -0.481 e. The first-order valence-corrected chi connectivity index (χ1v) is 6.37. The Hall–Kier alpha value is -2.04. The number of hydrogen-bond acceptors (Lipinski definition) is 2. The van der Waals surface area contributed by atoms with Crippen LogP contribution in [0, 0.1) is 6.92 Å². The average molecular weight is 264 g/mol. The van der Waals surface area contributed by atoms with Gasteiger partial charge in [-0.15, -0.1) is 0 Å². The number of carboxylic acid groups (broad SMARTS) is 1. The van der Waals surface area contributed by atoms with Gasteiger partial charge in [0.2, 0.25) is 0 Å². The van der Waals surface area contributed by atoms with Crippen LogP contribution in [0.25, 0.3) is 0 Å². The van der Waals surface area contributed by atoms with Crippen LogP contribution in [0.2, 0.25) is 0 Å². The molecule has 0 bridgehead atoms. The summed E-state index contributed by atoms with van der Waals surface area (Å²) in [5.41, 5.74) is 2.39. The van der Waals surface area contributed by atoms with E-state index in [0.717, 1.165) is 6.42 Å². The van der Waals surface area contributed by atoms with Gasteiger partial charge in [0.1, 0.15) is 0 Å². The van der Waals surface area contributed by atoms with Gasteiger partial charge in [-0.25, -0.2) is 4.79 Å². The highest BCUT2D eigenvalue weighted by Crippen LogP contribution is 2.02. The zero-order valence-corrected chi connectivity index (χ0v) is 11.1. The second-order valence-corrected chi connectivity index (χ2v) is 4.42. The van der Waals surface area contributed by atoms with Crippen LogP contribution < -0.4 is 10.6 Å². The lowest BCUT2D eigenvalue weighted by atomic mass is 10.1. The first-order valence-electron chi connectivity index (χ1n) is 6.37. The molecule has 2 amide bonds. The van der Waals surface area contributed by atoms with Crippen LogP contribution in [0.4, 0.5) is 4.79 Å². The summed E-state index contributed by atoms with van der Waals surface area (Å²) in [7, 11) is 0. The first-order chi connectivity index (χ1) is 9.08. The molecule has 19 heavy (non-hydrogen) atoms. The Morgan fingerprint density at radius 3 is 2.37 bits per heavy atom. The summed E-state index contributed by atoms with van der Waals surface area (Å²) < 4.78 is 0. The summed E-state index contributed by atoms with van der Waals surface area (Å²) in [5.74, 6) is -0.846. The van der Waals surface area contributed by atoms with Gasteiger partial charge >= 0.3 is 12.0 Å². The summed E-state index contributed by atoms with van der Waals surface area (Å²) in [5, 5.41) is 13.8. The molecule has 1 aromatic rings. The molecule has 0 aliphatic rings. The van der Waals surface area contributed by atoms with Crippen LogP contribution in [0.3, 0.4) is 0 Å². The Kier molecular flexibility index (Phi) is 6.43. The normalized spacial score (nSPS) is 9.95. The smallest absolute Gasteiger partial charge is 0.314 e. The number of carbonyl (C=O) groups excluding carboxylic acids is 1. The maximum Gasteiger partial charge on any atom is 0.314 e. The quantitative estimate of drug-likeness (QED) is 0.656. The van der Waals surface area contributed by atoms with Gasteiger partial charge in [0.25, 0.3) is 0 Å². The van der Waals surface area contributed by atoms with Crippen molar-refractivity contribution in [2.45, 2.75) is 26.2 Å². The maximum atomic E-state index is 11.4. The van der Waals surface area contributed by atoms with Crippen molar-refractivity contribution >= 4 is 12.0 Å². The van der Waals surface area contributed by atoms with E-state index in [4.69, 9.17) is 5.11 Å². The van der Waals surface area contributed by atoms with Crippen molar-refractivity contribution in [1.82, 2.24) is 10.6 Å². The predicted octanol–water partition coefficient (Wildman–Crippen LogP) is 1.70. The molecule has 0 aromatic heterocycles. The number of carboxylic acids is 1. The van der Waals surface area contributed by atoms with Gasteiger partial charge in [0.05, 0.1) is 0 Å². The summed E-state index contributed by atoms with van der Waals surface area (Å²) in [6, 6.07) is 7.92. The molecule has 0 spiro atoms. The molecule has 1 aromatic carbocycles. The number of benzene rings is 1. The Morgan fingerprint density at radius 2 is 1.74 bits per heavy atom. The van der Waals surface area contributed by atoms with Crippen LogP contribution in [0.1, 0.15) is 24.0 Å². The Bertz CT molecular complexity index is 415. The summed E-state index contributed by atoms with van der Waals surface area (Å²) in [4.78, 5) is 21.6. The van der Waals surface area contributed by atoms with E-state index in [0.29, 0.717) is 19.5 Å². The molecule has 0 atom stereocenters. The molecule has 0 saturated heterocycles. The van der Waals surface area contributed by atoms with E-state index in [2.05, 4.69) is 10.6 Å². The topological polar surface area (TPSA) is 78.4 Å². The van der Waals surface area contributed by atoms with Gasteiger partial charge in [0, 0.05) is 19.5 Å². The molecule has 0 aliphatic heterocycles. The Balaban J connectivity index is 2.10. The van der Waals surface area contributed by atoms with E-state index >= 15 is 0 Å². The third kappa shape index (κ3) is 7.08. The predicted molar refractivity (Wildman–Crippen MR) is 73.2 cm³/mol. The highest BCUT2D eigenvalue weighted by molar-refractivity contribution is 5.73. The zero-order valence-electron chi connectivity index (χ0n) is 11.1. The van der Waals surface area contributed by atoms with Crippen LogP contribution in [0.15, 0.2) is 24.3 Å². The third-order valence-electron chi connectivity index (χ3n) is 2.67. The minimum atomic E-state index is -0.846. The number of rotatable bonds is 7. The first kappa shape index (κ1) is 15.0. The lowest BCUT2D eigenvalue weighted by Crippen LogP contribution is -2.37. The van der Waals surface area contributed by atoms with Crippen LogP contribution in [0.5, 0.6) is 0 Å². The number of hydrogen-bond donors (Lipinski definition) is 3. The summed E-state index contributed by atoms with van der Waals surface area (Å²) in [6.45, 7) is 2.98. The molecule has 0 radical (unpaired) electrons. The second kappa shape index (κ2) is 8.13. The van der Waals surface area contributed by atoms with Crippen LogP contribution in [-0.4, -0.2) is 30.2 Å². The molecule has 0 aliphatic carbocycles. The molecule has 104 valence electrons. The number of carbonyl (C=O) groups is 2. The fourth-order valence-corrected chi connectivity index (χ4v) is 1.58. The molecule has 0 fully saturated rings. The van der Waals surface area contributed by atoms with Crippen molar-refractivity contribution in [3.8, 4) is 0 Å². The van der Waals surface area contributed by atoms with E-state index in [1.165, 1.54) is 11.1 Å². The van der Waals surface area contributed by atoms with Crippen molar-refractivity contribution < 1.29 is 14.7 Å². The van der Waals surface area contributed by atoms with Gasteiger partial charge < -0.3 is 15.7 Å². The fourth-order valence-electron chi connectivity index (χ4n) is 1.58. The van der Waals surface area contributed by atoms with Gasteiger partial charge in [0.15, 0.2) is 0 Å². The van der Waals surface area contributed by atoms with Crippen molar-refractivity contribution in [2.24, 2.45) is 0 Å². The lowest BCUT2D eigenvalue weighted by molar-refractivity contribution is -0.137. The van der Waals surface area contributed by atoms with Crippen molar-refractivity contribution in [1.29, 1.82) is 0 Å². The second-order valence-electron chi connectivity index (χ2n) is 4.42. The third-order valence-corrected chi connectivity index (χ3v) is 2.67. The molecule has 1 rings (SSSR count). The number of aryl methyl sites for hydroxylation is 1. The van der Waals surface area contributed by atoms with E-state index in [1.54, 1.807) is 0 Å². The van der Waals surface area contributed by atoms with Gasteiger partial charge in [-0.3, -0.25) is 4.79 Å². The maximum absolute atomic E-state index is 11.4. The monoisotopic (exact) mass is 264 g/mol. The average Bonchev–Trinajstić information content (AvgIpc) is 2.37. The van der Waals surface area contributed by atoms with Crippen molar-refractivity contribution in [3.05, 3.63) is 35.4 Å². The molecule has 5 nitrogen and oxygen atoms in total. The lowest BCUT2D eigenvalue weighted by Gasteiger charge is -2.07. The summed E-state index contributed by atoms with van der Waals surface area (Å²) in [6.07, 6.45) is 1.30. The largest absolute Gasteiger partial charge is 0.481 e. The molecule has 0 saturated carbocycles. The molecule has 5 heteroatoms. The number of urea groups is 1. The van der Waals surface area contributed by atoms with E-state index in [1.807, 2.05) is 31.2 Å². The SMILES string of the molecule is Cc1ccc(CCNC(=O)NCCCC(=O)O)cc1. The van der Waals surface area contributed by atoms with Crippen LogP contribution >= 0.6 is 0 Å². The molecular formula is C14H20N2O3. The molecule has 0 unspecified atom stereocenters. The Morgan fingerprint density at radius 1 is 1.11 bits per heavy atom. The van der Waals surface area contributed by atoms with Gasteiger partial charge in [-0.05, 0) is 25.3 Å². The minimum absolute atomic E-state index is 0.0731. The van der Waals surface area contributed by atoms with Crippen molar-refractivity contribution in [3.63, 3.8) is 0 Å². The number of nitrogens with one attached hydrogen (secondary N) is 2. The highest BCUT2D eigenvalue weighted by Gasteiger charge is 2.01. The van der Waals surface area contributed by atoms with Crippen LogP contribution in [-0.2, 0) is 11.2 Å². The Labute approximate surface area is 113 Å². The molecule has 3 N–H and O–H groups in total. The van der Waals surface area contributed by atoms with Crippen molar-refractivity contribution in [2.75, 3.05) is 13.1 Å². The number of aliphatic carboxylic acids is 1. The van der Waals surface area contributed by atoms with E-state index < -0.39 is 5.97 Å². The molecular weight excluding hydrogens is 244 g/mol. The number of amides is 2. The van der Waals surface area contributed by atoms with E-state index in [-0.39, 0.29) is 12.5 Å². The zero-order chi connectivity index (χ0) is 14.1. The summed E-state index contributed by atoms with van der Waals surface area (Å²) >= 11 is 0. The van der Waals surface area contributed by atoms with Gasteiger partial charge in [-0.2, -0.15) is 0 Å². The fraction of sp³-hybridized carbons (Fsp3) is 0.429. The standard InChI is InChI=1S/C14H20N2O3/c1-11-4-6-12(7-5-11)8-10-16-14(19)15-9-2-3-13(17)18/h4-7H,2-3,8-10H2,1H3,(H,17,18)(H2,15,16,19). The van der Waals surface area contributed by atoms with Gasteiger partial charge in [-0.1, -0.05) is 29.8 Å².